The molecule has 1 aromatic rings. The predicted octanol–water partition coefficient (Wildman–Crippen LogP) is 2.49. The molecule has 2 heterocycles. The van der Waals surface area contributed by atoms with Crippen LogP contribution in [0.15, 0.2) is 24.3 Å². The zero-order valence-corrected chi connectivity index (χ0v) is 23.5. The van der Waals surface area contributed by atoms with Gasteiger partial charge in [0, 0.05) is 57.6 Å². The average molecular weight is 561 g/mol. The first-order valence-corrected chi connectivity index (χ1v) is 13.7. The van der Waals surface area contributed by atoms with E-state index in [0.29, 0.717) is 43.9 Å². The van der Waals surface area contributed by atoms with Crippen LogP contribution < -0.4 is 10.2 Å². The molecule has 2 N–H and O–H groups in total. The van der Waals surface area contributed by atoms with Gasteiger partial charge in [-0.05, 0) is 37.6 Å². The first kappa shape index (κ1) is 30.8. The molecule has 1 atom stereocenters. The Hall–Kier alpha value is -3.71. The number of imide groups is 1. The SMILES string of the molecule is CCCCOC(=O)CCN1CCN(CC2CN(c3ccc(C(=N)NC(=O)N(C)C(=O)OCC)cc3)C(=O)O2)CC1. The molecule has 13 heteroatoms. The second kappa shape index (κ2) is 15.2. The summed E-state index contributed by atoms with van der Waals surface area (Å²) < 4.78 is 15.6. The van der Waals surface area contributed by atoms with Crippen LogP contribution in [0.25, 0.3) is 0 Å². The maximum Gasteiger partial charge on any atom is 0.417 e. The van der Waals surface area contributed by atoms with Gasteiger partial charge in [0.1, 0.15) is 11.9 Å². The summed E-state index contributed by atoms with van der Waals surface area (Å²) in [6.07, 6.45) is 0.767. The van der Waals surface area contributed by atoms with Crippen LogP contribution in [0.2, 0.25) is 0 Å². The van der Waals surface area contributed by atoms with Crippen LogP contribution in [-0.2, 0) is 19.0 Å². The smallest absolute Gasteiger partial charge is 0.417 e. The molecule has 0 spiro atoms. The van der Waals surface area contributed by atoms with Crippen molar-refractivity contribution in [2.75, 3.05) is 71.0 Å². The Kier molecular flexibility index (Phi) is 11.7. The molecular weight excluding hydrogens is 520 g/mol. The Morgan fingerprint density at radius 3 is 2.40 bits per heavy atom. The van der Waals surface area contributed by atoms with Crippen LogP contribution in [0.5, 0.6) is 0 Å². The number of anilines is 1. The van der Waals surface area contributed by atoms with Gasteiger partial charge in [-0.25, -0.2) is 19.3 Å². The van der Waals surface area contributed by atoms with E-state index in [1.54, 1.807) is 36.1 Å². The topological polar surface area (TPSA) is 145 Å². The second-order valence-corrected chi connectivity index (χ2v) is 9.69. The van der Waals surface area contributed by atoms with E-state index in [2.05, 4.69) is 22.0 Å². The summed E-state index contributed by atoms with van der Waals surface area (Å²) in [6.45, 7) is 9.35. The summed E-state index contributed by atoms with van der Waals surface area (Å²) in [5.41, 5.74) is 1.03. The van der Waals surface area contributed by atoms with Gasteiger partial charge in [0.2, 0.25) is 0 Å². The van der Waals surface area contributed by atoms with Crippen LogP contribution in [0.1, 0.15) is 38.7 Å². The highest BCUT2D eigenvalue weighted by molar-refractivity contribution is 6.08. The zero-order valence-electron chi connectivity index (χ0n) is 23.5. The number of amidine groups is 1. The first-order chi connectivity index (χ1) is 19.2. The number of hydrogen-bond acceptors (Lipinski definition) is 10. The number of cyclic esters (lactones) is 1. The lowest BCUT2D eigenvalue weighted by Crippen LogP contribution is -2.49. The fourth-order valence-electron chi connectivity index (χ4n) is 4.34. The van der Waals surface area contributed by atoms with Gasteiger partial charge >= 0.3 is 24.2 Å². The van der Waals surface area contributed by atoms with Crippen molar-refractivity contribution >= 4 is 35.7 Å². The molecule has 0 saturated carbocycles. The number of carbonyl (C=O) groups excluding carboxylic acids is 4. The Morgan fingerprint density at radius 2 is 1.75 bits per heavy atom. The van der Waals surface area contributed by atoms with Crippen molar-refractivity contribution in [2.24, 2.45) is 0 Å². The number of urea groups is 1. The summed E-state index contributed by atoms with van der Waals surface area (Å²) in [5.74, 6) is -0.341. The highest BCUT2D eigenvalue weighted by Crippen LogP contribution is 2.23. The lowest BCUT2D eigenvalue weighted by Gasteiger charge is -2.35. The Labute approximate surface area is 234 Å². The van der Waals surface area contributed by atoms with Crippen LogP contribution in [-0.4, -0.2) is 117 Å². The third kappa shape index (κ3) is 8.91. The molecule has 13 nitrogen and oxygen atoms in total. The highest BCUT2D eigenvalue weighted by atomic mass is 16.6. The van der Waals surface area contributed by atoms with Crippen LogP contribution >= 0.6 is 0 Å². The molecule has 0 radical (unpaired) electrons. The molecule has 0 aliphatic carbocycles. The predicted molar refractivity (Wildman–Crippen MR) is 148 cm³/mol. The number of carbonyl (C=O) groups is 4. The fourth-order valence-corrected chi connectivity index (χ4v) is 4.34. The molecule has 220 valence electrons. The van der Waals surface area contributed by atoms with E-state index < -0.39 is 18.2 Å². The fraction of sp³-hybridized carbons (Fsp3) is 0.593. The lowest BCUT2D eigenvalue weighted by atomic mass is 10.1. The number of benzene rings is 1. The number of ether oxygens (including phenoxy) is 3. The van der Waals surface area contributed by atoms with Crippen molar-refractivity contribution in [1.29, 1.82) is 5.41 Å². The normalized spacial score (nSPS) is 17.7. The molecule has 1 unspecified atom stereocenters. The minimum Gasteiger partial charge on any atom is -0.466 e. The standard InChI is InChI=1S/C27H40N6O7/c1-4-6-17-39-23(34)11-12-31-13-15-32(16-14-31)18-22-19-33(27(37)40-22)21-9-7-20(8-10-21)24(28)29-25(35)30(3)26(36)38-5-2/h7-10,22H,4-6,11-19H2,1-3H3,(H2,28,29,35). The quantitative estimate of drug-likeness (QED) is 0.137. The molecule has 3 rings (SSSR count). The van der Waals surface area contributed by atoms with E-state index in [9.17, 15) is 19.2 Å². The highest BCUT2D eigenvalue weighted by Gasteiger charge is 2.34. The summed E-state index contributed by atoms with van der Waals surface area (Å²) >= 11 is 0. The number of nitrogens with one attached hydrogen (secondary N) is 2. The molecule has 2 fully saturated rings. The molecule has 40 heavy (non-hydrogen) atoms. The van der Waals surface area contributed by atoms with E-state index >= 15 is 0 Å². The Balaban J connectivity index is 1.42. The van der Waals surface area contributed by atoms with Crippen molar-refractivity contribution in [2.45, 2.75) is 39.2 Å². The number of piperazine rings is 1. The van der Waals surface area contributed by atoms with Crippen molar-refractivity contribution in [3.05, 3.63) is 29.8 Å². The minimum absolute atomic E-state index is 0.129. The van der Waals surface area contributed by atoms with Gasteiger partial charge in [0.15, 0.2) is 0 Å². The van der Waals surface area contributed by atoms with E-state index in [-0.39, 0.29) is 24.5 Å². The van der Waals surface area contributed by atoms with Crippen LogP contribution in [0.3, 0.4) is 0 Å². The monoisotopic (exact) mass is 560 g/mol. The van der Waals surface area contributed by atoms with Crippen molar-refractivity contribution in [3.8, 4) is 0 Å². The first-order valence-electron chi connectivity index (χ1n) is 13.7. The summed E-state index contributed by atoms with van der Waals surface area (Å²) in [6, 6.07) is 5.80. The van der Waals surface area contributed by atoms with Crippen LogP contribution in [0.4, 0.5) is 20.1 Å². The molecule has 2 aliphatic rings. The molecule has 1 aromatic carbocycles. The Morgan fingerprint density at radius 1 is 1.07 bits per heavy atom. The van der Waals surface area contributed by atoms with E-state index in [1.165, 1.54) is 7.05 Å². The molecule has 0 aromatic heterocycles. The number of hydrogen-bond donors (Lipinski definition) is 2. The molecular formula is C27H40N6O7. The van der Waals surface area contributed by atoms with Gasteiger partial charge in [0.25, 0.3) is 0 Å². The molecule has 2 saturated heterocycles. The number of rotatable bonds is 11. The lowest BCUT2D eigenvalue weighted by molar-refractivity contribution is -0.144. The number of amides is 4. The number of esters is 1. The van der Waals surface area contributed by atoms with Gasteiger partial charge in [-0.2, -0.15) is 0 Å². The van der Waals surface area contributed by atoms with Gasteiger partial charge in [-0.3, -0.25) is 25.3 Å². The average Bonchev–Trinajstić information content (AvgIpc) is 3.32. The van der Waals surface area contributed by atoms with Gasteiger partial charge in [-0.15, -0.1) is 0 Å². The van der Waals surface area contributed by atoms with Crippen molar-refractivity contribution < 1.29 is 33.4 Å². The third-order valence-corrected chi connectivity index (χ3v) is 6.74. The van der Waals surface area contributed by atoms with E-state index in [0.717, 1.165) is 43.9 Å². The number of unbranched alkanes of at least 4 members (excludes halogenated alkanes) is 1. The maximum absolute atomic E-state index is 12.6. The van der Waals surface area contributed by atoms with Crippen LogP contribution in [0, 0.1) is 5.41 Å². The second-order valence-electron chi connectivity index (χ2n) is 9.69. The van der Waals surface area contributed by atoms with Gasteiger partial charge in [-0.1, -0.05) is 13.3 Å². The van der Waals surface area contributed by atoms with E-state index in [1.807, 2.05) is 0 Å². The largest absolute Gasteiger partial charge is 0.466 e. The van der Waals surface area contributed by atoms with Crippen molar-refractivity contribution in [3.63, 3.8) is 0 Å². The number of nitrogens with zero attached hydrogens (tertiary/aromatic N) is 4. The molecule has 2 aliphatic heterocycles. The maximum atomic E-state index is 12.6. The summed E-state index contributed by atoms with van der Waals surface area (Å²) in [5, 5.41) is 10.5. The van der Waals surface area contributed by atoms with E-state index in [4.69, 9.17) is 19.6 Å². The molecule has 4 amide bonds. The Bertz CT molecular complexity index is 1040. The minimum atomic E-state index is -0.813. The third-order valence-electron chi connectivity index (χ3n) is 6.74. The molecule has 0 bridgehead atoms. The summed E-state index contributed by atoms with van der Waals surface area (Å²) in [4.78, 5) is 55.1. The zero-order chi connectivity index (χ0) is 29.1. The summed E-state index contributed by atoms with van der Waals surface area (Å²) in [7, 11) is 1.26. The van der Waals surface area contributed by atoms with Crippen molar-refractivity contribution in [1.82, 2.24) is 20.0 Å². The van der Waals surface area contributed by atoms with Gasteiger partial charge < -0.3 is 19.1 Å². The van der Waals surface area contributed by atoms with Gasteiger partial charge in [0.05, 0.1) is 26.2 Å².